The summed E-state index contributed by atoms with van der Waals surface area (Å²) in [6.45, 7) is 9.31. The van der Waals surface area contributed by atoms with Crippen LogP contribution in [0.5, 0.6) is 0 Å². The molecule has 3 heterocycles. The molecule has 2 amide bonds. The van der Waals surface area contributed by atoms with Crippen LogP contribution in [0.2, 0.25) is 0 Å². The summed E-state index contributed by atoms with van der Waals surface area (Å²) in [5.41, 5.74) is 3.48. The fourth-order valence-electron chi connectivity index (χ4n) is 4.31. The zero-order chi connectivity index (χ0) is 21.8. The normalized spacial score (nSPS) is 17.4. The molecule has 0 aliphatic carbocycles. The third-order valence-electron chi connectivity index (χ3n) is 5.96. The summed E-state index contributed by atoms with van der Waals surface area (Å²) < 4.78 is 2.04. The highest BCUT2D eigenvalue weighted by atomic mass is 32.2. The zero-order valence-corrected chi connectivity index (χ0v) is 19.2. The number of imidazole rings is 1. The third-order valence-corrected chi connectivity index (χ3v) is 6.91. The molecule has 2 saturated heterocycles. The van der Waals surface area contributed by atoms with Crippen LogP contribution in [0.15, 0.2) is 35.7 Å². The molecular formula is C23H31N5O2S. The maximum absolute atomic E-state index is 12.8. The van der Waals surface area contributed by atoms with Crippen LogP contribution in [0.1, 0.15) is 24.0 Å². The maximum atomic E-state index is 12.8. The molecule has 0 atom stereocenters. The van der Waals surface area contributed by atoms with Gasteiger partial charge in [-0.05, 0) is 49.9 Å². The monoisotopic (exact) mass is 441 g/mol. The second-order valence-electron chi connectivity index (χ2n) is 8.46. The highest BCUT2D eigenvalue weighted by molar-refractivity contribution is 7.99. The van der Waals surface area contributed by atoms with E-state index in [2.05, 4.69) is 41.9 Å². The van der Waals surface area contributed by atoms with E-state index < -0.39 is 0 Å². The lowest BCUT2D eigenvalue weighted by atomic mass is 10.1. The second-order valence-corrected chi connectivity index (χ2v) is 9.40. The summed E-state index contributed by atoms with van der Waals surface area (Å²) in [5, 5.41) is 0.827. The van der Waals surface area contributed by atoms with Crippen LogP contribution in [0.25, 0.3) is 5.69 Å². The summed E-state index contributed by atoms with van der Waals surface area (Å²) in [6.07, 6.45) is 5.96. The van der Waals surface area contributed by atoms with Crippen molar-refractivity contribution in [2.24, 2.45) is 0 Å². The van der Waals surface area contributed by atoms with Crippen molar-refractivity contribution < 1.29 is 9.59 Å². The van der Waals surface area contributed by atoms with Gasteiger partial charge in [-0.3, -0.25) is 19.1 Å². The first-order valence-corrected chi connectivity index (χ1v) is 12.0. The Morgan fingerprint density at radius 1 is 0.903 bits per heavy atom. The number of nitrogens with zero attached hydrogens (tertiary/aromatic N) is 5. The van der Waals surface area contributed by atoms with E-state index in [4.69, 9.17) is 0 Å². The molecule has 4 rings (SSSR count). The third kappa shape index (κ3) is 5.49. The molecule has 7 nitrogen and oxygen atoms in total. The van der Waals surface area contributed by atoms with Crippen molar-refractivity contribution in [1.29, 1.82) is 0 Å². The molecule has 0 unspecified atom stereocenters. The number of benzene rings is 1. The molecule has 8 heteroatoms. The molecule has 166 valence electrons. The molecule has 2 fully saturated rings. The Morgan fingerprint density at radius 3 is 2.23 bits per heavy atom. The van der Waals surface area contributed by atoms with Gasteiger partial charge in [0.15, 0.2) is 5.16 Å². The van der Waals surface area contributed by atoms with Crippen molar-refractivity contribution in [1.82, 2.24) is 24.3 Å². The Bertz CT molecular complexity index is 910. The fourth-order valence-corrected chi connectivity index (χ4v) is 5.19. The lowest BCUT2D eigenvalue weighted by Gasteiger charge is -2.35. The number of likely N-dealkylation sites (tertiary alicyclic amines) is 1. The number of rotatable bonds is 6. The number of aryl methyl sites for hydroxylation is 2. The minimum absolute atomic E-state index is 0.130. The number of amides is 2. The number of hydrogen-bond donors (Lipinski definition) is 0. The molecular weight excluding hydrogens is 410 g/mol. The Labute approximate surface area is 188 Å². The standard InChI is InChI=1S/C23H31N5O2S/c1-18-13-19(2)15-20(14-18)28-8-5-24-23(28)31-17-22(30)27-11-9-25(10-12-27)16-21(29)26-6-3-4-7-26/h5,8,13-15H,3-4,6-7,9-12,16-17H2,1-2H3. The summed E-state index contributed by atoms with van der Waals surface area (Å²) in [6, 6.07) is 6.40. The summed E-state index contributed by atoms with van der Waals surface area (Å²) in [7, 11) is 0. The van der Waals surface area contributed by atoms with Crippen LogP contribution in [-0.2, 0) is 9.59 Å². The number of thioether (sulfide) groups is 1. The van der Waals surface area contributed by atoms with Gasteiger partial charge >= 0.3 is 0 Å². The Kier molecular flexibility index (Phi) is 6.97. The van der Waals surface area contributed by atoms with Crippen LogP contribution in [0.3, 0.4) is 0 Å². The van der Waals surface area contributed by atoms with Crippen molar-refractivity contribution >= 4 is 23.6 Å². The molecule has 1 aromatic heterocycles. The minimum atomic E-state index is 0.130. The van der Waals surface area contributed by atoms with Gasteiger partial charge in [0.1, 0.15) is 0 Å². The Morgan fingerprint density at radius 2 is 1.55 bits per heavy atom. The van der Waals surface area contributed by atoms with Crippen LogP contribution >= 0.6 is 11.8 Å². The van der Waals surface area contributed by atoms with Crippen molar-refractivity contribution in [2.75, 3.05) is 51.6 Å². The first-order chi connectivity index (χ1) is 15.0. The number of carbonyl (C=O) groups excluding carboxylic acids is 2. The second kappa shape index (κ2) is 9.87. The maximum Gasteiger partial charge on any atom is 0.236 e. The lowest BCUT2D eigenvalue weighted by Crippen LogP contribution is -2.51. The topological polar surface area (TPSA) is 61.7 Å². The predicted molar refractivity (Wildman–Crippen MR) is 123 cm³/mol. The molecule has 0 saturated carbocycles. The van der Waals surface area contributed by atoms with E-state index in [9.17, 15) is 9.59 Å². The van der Waals surface area contributed by atoms with Crippen molar-refractivity contribution in [3.63, 3.8) is 0 Å². The number of aromatic nitrogens is 2. The van der Waals surface area contributed by atoms with Crippen LogP contribution in [0, 0.1) is 13.8 Å². The van der Waals surface area contributed by atoms with Crippen LogP contribution in [0.4, 0.5) is 0 Å². The van der Waals surface area contributed by atoms with Crippen molar-refractivity contribution in [3.8, 4) is 5.69 Å². The van der Waals surface area contributed by atoms with E-state index in [1.54, 1.807) is 6.20 Å². The first kappa shape index (κ1) is 21.9. The molecule has 31 heavy (non-hydrogen) atoms. The molecule has 0 radical (unpaired) electrons. The van der Waals surface area contributed by atoms with Gasteiger partial charge in [0.25, 0.3) is 0 Å². The molecule has 0 bridgehead atoms. The quantitative estimate of drug-likeness (QED) is 0.644. The van der Waals surface area contributed by atoms with E-state index in [0.717, 1.165) is 49.9 Å². The van der Waals surface area contributed by atoms with Crippen LogP contribution in [-0.4, -0.2) is 87.6 Å². The fraction of sp³-hybridized carbons (Fsp3) is 0.522. The van der Waals surface area contributed by atoms with Gasteiger partial charge < -0.3 is 9.80 Å². The Balaban J connectivity index is 1.27. The minimum Gasteiger partial charge on any atom is -0.342 e. The molecule has 2 aromatic rings. The molecule has 2 aliphatic rings. The number of piperazine rings is 1. The molecule has 0 N–H and O–H groups in total. The molecule has 2 aliphatic heterocycles. The predicted octanol–water partition coefficient (Wildman–Crippen LogP) is 2.35. The van der Waals surface area contributed by atoms with Gasteiger partial charge in [0.05, 0.1) is 12.3 Å². The zero-order valence-electron chi connectivity index (χ0n) is 18.4. The first-order valence-electron chi connectivity index (χ1n) is 11.0. The van der Waals surface area contributed by atoms with E-state index in [0.29, 0.717) is 25.4 Å². The van der Waals surface area contributed by atoms with Crippen LogP contribution < -0.4 is 0 Å². The summed E-state index contributed by atoms with van der Waals surface area (Å²) in [5.74, 6) is 0.727. The number of carbonyl (C=O) groups is 2. The Hall–Kier alpha value is -2.32. The average Bonchev–Trinajstić information content (AvgIpc) is 3.44. The van der Waals surface area contributed by atoms with Gasteiger partial charge in [-0.25, -0.2) is 4.98 Å². The molecule has 1 aromatic carbocycles. The summed E-state index contributed by atoms with van der Waals surface area (Å²) in [4.78, 5) is 35.6. The number of hydrogen-bond acceptors (Lipinski definition) is 5. The lowest BCUT2D eigenvalue weighted by molar-refractivity contribution is -0.133. The van der Waals surface area contributed by atoms with E-state index >= 15 is 0 Å². The SMILES string of the molecule is Cc1cc(C)cc(-n2ccnc2SCC(=O)N2CCN(CC(=O)N3CCCC3)CC2)c1. The van der Waals surface area contributed by atoms with Crippen molar-refractivity contribution in [3.05, 3.63) is 41.7 Å². The smallest absolute Gasteiger partial charge is 0.236 e. The van der Waals surface area contributed by atoms with E-state index in [1.807, 2.05) is 20.6 Å². The van der Waals surface area contributed by atoms with Crippen molar-refractivity contribution in [2.45, 2.75) is 31.8 Å². The average molecular weight is 442 g/mol. The largest absolute Gasteiger partial charge is 0.342 e. The van der Waals surface area contributed by atoms with Gasteiger partial charge in [-0.2, -0.15) is 0 Å². The highest BCUT2D eigenvalue weighted by Gasteiger charge is 2.25. The van der Waals surface area contributed by atoms with Gasteiger partial charge in [0, 0.05) is 57.3 Å². The highest BCUT2D eigenvalue weighted by Crippen LogP contribution is 2.22. The van der Waals surface area contributed by atoms with E-state index in [1.165, 1.54) is 22.9 Å². The molecule has 0 spiro atoms. The van der Waals surface area contributed by atoms with E-state index in [-0.39, 0.29) is 11.8 Å². The van der Waals surface area contributed by atoms with Gasteiger partial charge in [-0.15, -0.1) is 0 Å². The summed E-state index contributed by atoms with van der Waals surface area (Å²) >= 11 is 1.48. The van der Waals surface area contributed by atoms with Gasteiger partial charge in [-0.1, -0.05) is 17.8 Å². The van der Waals surface area contributed by atoms with Gasteiger partial charge in [0.2, 0.25) is 11.8 Å².